The van der Waals surface area contributed by atoms with Gasteiger partial charge in [-0.1, -0.05) is 6.07 Å². The van der Waals surface area contributed by atoms with E-state index in [1.807, 2.05) is 29.2 Å². The highest BCUT2D eigenvalue weighted by Gasteiger charge is 2.22. The van der Waals surface area contributed by atoms with E-state index in [0.29, 0.717) is 43.3 Å². The predicted octanol–water partition coefficient (Wildman–Crippen LogP) is 2.36. The fourth-order valence-electron chi connectivity index (χ4n) is 4.70. The van der Waals surface area contributed by atoms with Crippen LogP contribution in [0.15, 0.2) is 30.3 Å². The van der Waals surface area contributed by atoms with Gasteiger partial charge in [-0.05, 0) is 61.7 Å². The van der Waals surface area contributed by atoms with Gasteiger partial charge in [0.05, 0.1) is 24.3 Å². The molecule has 1 aromatic heterocycles. The fourth-order valence-corrected chi connectivity index (χ4v) is 4.70. The van der Waals surface area contributed by atoms with Crippen molar-refractivity contribution in [2.45, 2.75) is 18.8 Å². The Morgan fingerprint density at radius 2 is 1.80 bits per heavy atom. The number of benzene rings is 2. The normalized spacial score (nSPS) is 18.2. The molecular formula is C23H26N4O3. The standard InChI is InChI=1S/C23H26N4O3/c24-22(28)19-12-16(14-3-5-25-6-4-14)11-18-17-2-1-15(13-20(17)26-21(18)19)23(29)27-7-9-30-10-8-27/h1-2,11-14,25-26H,3-10H2,(H2,24,28). The largest absolute Gasteiger partial charge is 0.378 e. The number of carbonyl (C=O) groups excluding carboxylic acids is 2. The summed E-state index contributed by atoms with van der Waals surface area (Å²) in [6, 6.07) is 9.84. The topological polar surface area (TPSA) is 100 Å². The number of morpholine rings is 1. The molecule has 3 aromatic rings. The van der Waals surface area contributed by atoms with Crippen molar-refractivity contribution in [3.05, 3.63) is 47.0 Å². The number of aromatic amines is 1. The molecule has 2 saturated heterocycles. The Hall–Kier alpha value is -2.90. The van der Waals surface area contributed by atoms with Crippen LogP contribution < -0.4 is 11.1 Å². The van der Waals surface area contributed by atoms with Crippen LogP contribution in [0.4, 0.5) is 0 Å². The Morgan fingerprint density at radius 3 is 2.53 bits per heavy atom. The number of ether oxygens (including phenoxy) is 1. The first-order valence-electron chi connectivity index (χ1n) is 10.6. The molecule has 0 atom stereocenters. The van der Waals surface area contributed by atoms with E-state index in [1.54, 1.807) is 0 Å². The van der Waals surface area contributed by atoms with Gasteiger partial charge in [-0.15, -0.1) is 0 Å². The van der Waals surface area contributed by atoms with E-state index in [1.165, 1.54) is 0 Å². The molecule has 5 rings (SSSR count). The SMILES string of the molecule is NC(=O)c1cc(C2CCNCC2)cc2c1[nH]c1cc(C(=O)N3CCOCC3)ccc12. The molecule has 3 heterocycles. The lowest BCUT2D eigenvalue weighted by Gasteiger charge is -2.26. The first-order chi connectivity index (χ1) is 14.6. The number of hydrogen-bond acceptors (Lipinski definition) is 4. The Balaban J connectivity index is 1.60. The molecule has 7 nitrogen and oxygen atoms in total. The third kappa shape index (κ3) is 3.34. The van der Waals surface area contributed by atoms with E-state index in [4.69, 9.17) is 10.5 Å². The van der Waals surface area contributed by atoms with Crippen molar-refractivity contribution < 1.29 is 14.3 Å². The molecule has 0 radical (unpaired) electrons. The van der Waals surface area contributed by atoms with E-state index in [0.717, 1.165) is 53.3 Å². The zero-order valence-electron chi connectivity index (χ0n) is 16.9. The van der Waals surface area contributed by atoms with Crippen LogP contribution in [-0.2, 0) is 4.74 Å². The van der Waals surface area contributed by atoms with Gasteiger partial charge in [-0.3, -0.25) is 9.59 Å². The summed E-state index contributed by atoms with van der Waals surface area (Å²) in [5, 5.41) is 5.37. The number of primary amides is 1. The summed E-state index contributed by atoms with van der Waals surface area (Å²) in [5.41, 5.74) is 9.62. The summed E-state index contributed by atoms with van der Waals surface area (Å²) in [6.45, 7) is 4.32. The number of rotatable bonds is 3. The van der Waals surface area contributed by atoms with Crippen LogP contribution in [0.25, 0.3) is 21.8 Å². The van der Waals surface area contributed by atoms with Crippen molar-refractivity contribution in [3.63, 3.8) is 0 Å². The summed E-state index contributed by atoms with van der Waals surface area (Å²) in [5.74, 6) is -0.0165. The molecule has 2 aromatic carbocycles. The molecule has 0 saturated carbocycles. The average molecular weight is 406 g/mol. The molecule has 0 spiro atoms. The summed E-state index contributed by atoms with van der Waals surface area (Å²) in [4.78, 5) is 30.3. The molecule has 0 aliphatic carbocycles. The quantitative estimate of drug-likeness (QED) is 0.622. The van der Waals surface area contributed by atoms with Gasteiger partial charge in [0.15, 0.2) is 0 Å². The summed E-state index contributed by atoms with van der Waals surface area (Å²) < 4.78 is 5.34. The smallest absolute Gasteiger partial charge is 0.254 e. The highest BCUT2D eigenvalue weighted by atomic mass is 16.5. The van der Waals surface area contributed by atoms with E-state index >= 15 is 0 Å². The monoisotopic (exact) mass is 406 g/mol. The summed E-state index contributed by atoms with van der Waals surface area (Å²) >= 11 is 0. The van der Waals surface area contributed by atoms with Crippen LogP contribution in [-0.4, -0.2) is 61.1 Å². The van der Waals surface area contributed by atoms with Gasteiger partial charge in [-0.25, -0.2) is 0 Å². The second-order valence-electron chi connectivity index (χ2n) is 8.17. The first-order valence-corrected chi connectivity index (χ1v) is 10.6. The molecule has 4 N–H and O–H groups in total. The summed E-state index contributed by atoms with van der Waals surface area (Å²) in [6.07, 6.45) is 2.09. The Labute approximate surface area is 174 Å². The number of piperidine rings is 1. The summed E-state index contributed by atoms with van der Waals surface area (Å²) in [7, 11) is 0. The number of amides is 2. The van der Waals surface area contributed by atoms with Gasteiger partial charge in [0.2, 0.25) is 0 Å². The second-order valence-corrected chi connectivity index (χ2v) is 8.17. The molecule has 2 aliphatic rings. The molecule has 156 valence electrons. The number of nitrogens with two attached hydrogens (primary N) is 1. The third-order valence-electron chi connectivity index (χ3n) is 6.35. The molecule has 2 aliphatic heterocycles. The van der Waals surface area contributed by atoms with Crippen molar-refractivity contribution in [2.75, 3.05) is 39.4 Å². The maximum Gasteiger partial charge on any atom is 0.254 e. The molecule has 2 fully saturated rings. The van der Waals surface area contributed by atoms with E-state index < -0.39 is 5.91 Å². The number of H-pyrrole nitrogens is 1. The van der Waals surface area contributed by atoms with E-state index in [2.05, 4.69) is 16.4 Å². The minimum Gasteiger partial charge on any atom is -0.378 e. The number of carbonyl (C=O) groups is 2. The number of nitrogens with zero attached hydrogens (tertiary/aromatic N) is 1. The van der Waals surface area contributed by atoms with Crippen molar-refractivity contribution in [3.8, 4) is 0 Å². The van der Waals surface area contributed by atoms with E-state index in [9.17, 15) is 9.59 Å². The maximum atomic E-state index is 12.9. The van der Waals surface area contributed by atoms with Crippen LogP contribution in [0.3, 0.4) is 0 Å². The van der Waals surface area contributed by atoms with Crippen molar-refractivity contribution >= 4 is 33.6 Å². The lowest BCUT2D eigenvalue weighted by molar-refractivity contribution is 0.0303. The zero-order valence-corrected chi connectivity index (χ0v) is 16.9. The number of fused-ring (bicyclic) bond motifs is 3. The Bertz CT molecular complexity index is 1120. The van der Waals surface area contributed by atoms with Crippen LogP contribution in [0.5, 0.6) is 0 Å². The molecule has 30 heavy (non-hydrogen) atoms. The molecule has 0 bridgehead atoms. The lowest BCUT2D eigenvalue weighted by Crippen LogP contribution is -2.40. The van der Waals surface area contributed by atoms with Gasteiger partial charge < -0.3 is 25.7 Å². The van der Waals surface area contributed by atoms with E-state index in [-0.39, 0.29) is 5.91 Å². The Kier molecular flexibility index (Phi) is 4.92. The molecule has 0 unspecified atom stereocenters. The third-order valence-corrected chi connectivity index (χ3v) is 6.35. The molecular weight excluding hydrogens is 380 g/mol. The van der Waals surface area contributed by atoms with Crippen molar-refractivity contribution in [1.82, 2.24) is 15.2 Å². The maximum absolute atomic E-state index is 12.9. The lowest BCUT2D eigenvalue weighted by atomic mass is 9.88. The van der Waals surface area contributed by atoms with Gasteiger partial charge >= 0.3 is 0 Å². The van der Waals surface area contributed by atoms with Crippen LogP contribution in [0.1, 0.15) is 45.0 Å². The van der Waals surface area contributed by atoms with Gasteiger partial charge in [-0.2, -0.15) is 0 Å². The minimum atomic E-state index is -0.438. The van der Waals surface area contributed by atoms with Crippen LogP contribution in [0, 0.1) is 0 Å². The first kappa shape index (κ1) is 19.1. The van der Waals surface area contributed by atoms with Gasteiger partial charge in [0.1, 0.15) is 0 Å². The number of aromatic nitrogens is 1. The zero-order chi connectivity index (χ0) is 20.7. The van der Waals surface area contributed by atoms with Gasteiger partial charge in [0, 0.05) is 34.9 Å². The average Bonchev–Trinajstić information content (AvgIpc) is 3.16. The Morgan fingerprint density at radius 1 is 1.03 bits per heavy atom. The molecule has 7 heteroatoms. The number of hydrogen-bond donors (Lipinski definition) is 3. The second kappa shape index (κ2) is 7.74. The highest BCUT2D eigenvalue weighted by Crippen LogP contribution is 2.34. The fraction of sp³-hybridized carbons (Fsp3) is 0.391. The predicted molar refractivity (Wildman–Crippen MR) is 116 cm³/mol. The highest BCUT2D eigenvalue weighted by molar-refractivity contribution is 6.16. The van der Waals surface area contributed by atoms with Crippen LogP contribution in [0.2, 0.25) is 0 Å². The van der Waals surface area contributed by atoms with Crippen LogP contribution >= 0.6 is 0 Å². The van der Waals surface area contributed by atoms with Gasteiger partial charge in [0.25, 0.3) is 11.8 Å². The molecule has 2 amide bonds. The number of nitrogens with one attached hydrogen (secondary N) is 2. The van der Waals surface area contributed by atoms with Crippen molar-refractivity contribution in [2.24, 2.45) is 5.73 Å². The minimum absolute atomic E-state index is 0.00405. The van der Waals surface area contributed by atoms with Crippen molar-refractivity contribution in [1.29, 1.82) is 0 Å².